The fraction of sp³-hybridized carbons (Fsp3) is 0.824. The third kappa shape index (κ3) is 2.76. The summed E-state index contributed by atoms with van der Waals surface area (Å²) in [6, 6.07) is 0. The van der Waals surface area contributed by atoms with Crippen LogP contribution in [0.15, 0.2) is 12.7 Å². The molecule has 0 aromatic carbocycles. The summed E-state index contributed by atoms with van der Waals surface area (Å²) < 4.78 is 0.772. The maximum absolute atomic E-state index is 4.52. The maximum atomic E-state index is 4.52. The lowest BCUT2D eigenvalue weighted by atomic mass is 9.72. The molecular formula is C17H32N5+. The van der Waals surface area contributed by atoms with E-state index in [0.29, 0.717) is 5.92 Å². The van der Waals surface area contributed by atoms with Crippen molar-refractivity contribution in [3.63, 3.8) is 0 Å². The zero-order valence-electron chi connectivity index (χ0n) is 15.1. The first-order valence-corrected chi connectivity index (χ1v) is 8.51. The number of rotatable bonds is 5. The monoisotopic (exact) mass is 306 g/mol. The Balaban J connectivity index is 2.46. The standard InChI is InChI=1S/C17H32N5/c1-7-8-9-21-22(6)16(3,4)10-14(2)11-17(22,5)15-19-12-18-13-20-15/h12-14,21H,7-11H2,1-6H3/q+1. The Hall–Kier alpha value is -1.07. The van der Waals surface area contributed by atoms with Gasteiger partial charge in [0.15, 0.2) is 11.4 Å². The molecule has 5 heteroatoms. The number of unbranched alkanes of at least 4 members (excludes halogenated alkanes) is 1. The van der Waals surface area contributed by atoms with E-state index in [2.05, 4.69) is 62.0 Å². The van der Waals surface area contributed by atoms with Crippen LogP contribution < -0.4 is 5.43 Å². The summed E-state index contributed by atoms with van der Waals surface area (Å²) in [7, 11) is 2.31. The van der Waals surface area contributed by atoms with Crippen molar-refractivity contribution in [2.45, 2.75) is 71.4 Å². The van der Waals surface area contributed by atoms with E-state index in [1.54, 1.807) is 12.7 Å². The highest BCUT2D eigenvalue weighted by Crippen LogP contribution is 2.49. The summed E-state index contributed by atoms with van der Waals surface area (Å²) in [4.78, 5) is 13.0. The summed E-state index contributed by atoms with van der Waals surface area (Å²) in [5.74, 6) is 1.55. The van der Waals surface area contributed by atoms with Crippen molar-refractivity contribution in [3.8, 4) is 0 Å². The van der Waals surface area contributed by atoms with E-state index in [9.17, 15) is 0 Å². The molecule has 0 saturated carbocycles. The van der Waals surface area contributed by atoms with Crippen LogP contribution in [0.2, 0.25) is 0 Å². The van der Waals surface area contributed by atoms with E-state index in [0.717, 1.165) is 23.4 Å². The molecule has 1 saturated heterocycles. The van der Waals surface area contributed by atoms with Gasteiger partial charge in [0.2, 0.25) is 0 Å². The lowest BCUT2D eigenvalue weighted by Gasteiger charge is -2.60. The van der Waals surface area contributed by atoms with Crippen molar-refractivity contribution in [3.05, 3.63) is 18.5 Å². The molecular weight excluding hydrogens is 274 g/mol. The SMILES string of the molecule is CCCCN[N+]1(C)C(C)(C)CC(C)CC1(C)c1ncncn1. The van der Waals surface area contributed by atoms with Gasteiger partial charge < -0.3 is 0 Å². The molecule has 1 aliphatic heterocycles. The normalized spacial score (nSPS) is 34.5. The van der Waals surface area contributed by atoms with Gasteiger partial charge in [-0.25, -0.2) is 19.5 Å². The largest absolute Gasteiger partial charge is 0.233 e. The van der Waals surface area contributed by atoms with Crippen LogP contribution in [0.4, 0.5) is 0 Å². The minimum Gasteiger partial charge on any atom is -0.233 e. The van der Waals surface area contributed by atoms with E-state index in [1.165, 1.54) is 19.3 Å². The van der Waals surface area contributed by atoms with Crippen molar-refractivity contribution >= 4 is 0 Å². The molecule has 1 aliphatic rings. The summed E-state index contributed by atoms with van der Waals surface area (Å²) in [6.45, 7) is 12.6. The smallest absolute Gasteiger partial charge is 0.194 e. The zero-order chi connectivity index (χ0) is 16.4. The third-order valence-electron chi connectivity index (χ3n) is 5.73. The molecule has 0 spiro atoms. The molecule has 3 atom stereocenters. The molecule has 22 heavy (non-hydrogen) atoms. The number of hydrogen-bond donors (Lipinski definition) is 1. The van der Waals surface area contributed by atoms with Crippen LogP contribution in [0.5, 0.6) is 0 Å². The Kier molecular flexibility index (Phi) is 4.87. The van der Waals surface area contributed by atoms with E-state index >= 15 is 0 Å². The number of nitrogens with one attached hydrogen (secondary N) is 1. The Bertz CT molecular complexity index is 489. The lowest BCUT2D eigenvalue weighted by molar-refractivity contribution is -1.05. The fourth-order valence-corrected chi connectivity index (χ4v) is 4.31. The Morgan fingerprint density at radius 3 is 2.45 bits per heavy atom. The van der Waals surface area contributed by atoms with Gasteiger partial charge in [-0.05, 0) is 26.2 Å². The summed E-state index contributed by atoms with van der Waals surface area (Å²) in [5.41, 5.74) is 3.80. The highest BCUT2D eigenvalue weighted by Gasteiger charge is 2.60. The highest BCUT2D eigenvalue weighted by molar-refractivity contribution is 5.03. The van der Waals surface area contributed by atoms with E-state index < -0.39 is 0 Å². The summed E-state index contributed by atoms with van der Waals surface area (Å²) in [6.07, 6.45) is 7.91. The Labute approximate surface area is 135 Å². The van der Waals surface area contributed by atoms with Crippen molar-refractivity contribution < 1.29 is 4.59 Å². The molecule has 1 aromatic rings. The van der Waals surface area contributed by atoms with E-state index in [-0.39, 0.29) is 11.1 Å². The van der Waals surface area contributed by atoms with Crippen molar-refractivity contribution in [2.75, 3.05) is 13.6 Å². The Morgan fingerprint density at radius 1 is 1.23 bits per heavy atom. The minimum atomic E-state index is -0.155. The molecule has 124 valence electrons. The minimum absolute atomic E-state index is 0.118. The first-order chi connectivity index (χ1) is 10.3. The van der Waals surface area contributed by atoms with Crippen LogP contribution in [0, 0.1) is 5.92 Å². The average Bonchev–Trinajstić information content (AvgIpc) is 2.46. The van der Waals surface area contributed by atoms with Crippen LogP contribution >= 0.6 is 0 Å². The molecule has 0 bridgehead atoms. The molecule has 3 unspecified atom stereocenters. The molecule has 0 amide bonds. The van der Waals surface area contributed by atoms with Gasteiger partial charge in [-0.15, -0.1) is 0 Å². The Morgan fingerprint density at radius 2 is 1.86 bits per heavy atom. The predicted molar refractivity (Wildman–Crippen MR) is 88.8 cm³/mol. The van der Waals surface area contributed by atoms with Crippen molar-refractivity contribution in [1.29, 1.82) is 0 Å². The van der Waals surface area contributed by atoms with Crippen LogP contribution in [-0.4, -0.2) is 38.7 Å². The molecule has 5 nitrogen and oxygen atoms in total. The van der Waals surface area contributed by atoms with Gasteiger partial charge in [-0.1, -0.05) is 20.3 Å². The molecule has 2 rings (SSSR count). The fourth-order valence-electron chi connectivity index (χ4n) is 4.31. The molecule has 0 radical (unpaired) electrons. The molecule has 2 heterocycles. The van der Waals surface area contributed by atoms with Crippen LogP contribution in [-0.2, 0) is 5.54 Å². The number of aromatic nitrogens is 3. The van der Waals surface area contributed by atoms with E-state index in [1.807, 2.05) is 0 Å². The molecule has 1 N–H and O–H groups in total. The second-order valence-electron chi connectivity index (χ2n) is 7.83. The van der Waals surface area contributed by atoms with Gasteiger partial charge in [-0.2, -0.15) is 5.43 Å². The van der Waals surface area contributed by atoms with Gasteiger partial charge in [0.1, 0.15) is 18.2 Å². The van der Waals surface area contributed by atoms with Crippen molar-refractivity contribution in [2.24, 2.45) is 5.92 Å². The van der Waals surface area contributed by atoms with E-state index in [4.69, 9.17) is 0 Å². The van der Waals surface area contributed by atoms with Gasteiger partial charge in [-0.3, -0.25) is 0 Å². The number of nitrogens with zero attached hydrogens (tertiary/aromatic N) is 4. The molecule has 0 aliphatic carbocycles. The number of quaternary nitrogens is 1. The van der Waals surface area contributed by atoms with Crippen LogP contribution in [0.3, 0.4) is 0 Å². The quantitative estimate of drug-likeness (QED) is 0.671. The van der Waals surface area contributed by atoms with Gasteiger partial charge in [0.25, 0.3) is 0 Å². The summed E-state index contributed by atoms with van der Waals surface area (Å²) in [5, 5.41) is 0. The second-order valence-corrected chi connectivity index (χ2v) is 7.83. The molecule has 1 aromatic heterocycles. The zero-order valence-corrected chi connectivity index (χ0v) is 15.1. The topological polar surface area (TPSA) is 50.7 Å². The number of likely N-dealkylation sites (tertiary alicyclic amines) is 1. The van der Waals surface area contributed by atoms with Crippen LogP contribution in [0.25, 0.3) is 0 Å². The van der Waals surface area contributed by atoms with Crippen LogP contribution in [0.1, 0.15) is 66.1 Å². The first-order valence-electron chi connectivity index (χ1n) is 8.51. The number of piperidine rings is 1. The molecule has 1 fully saturated rings. The first kappa shape index (κ1) is 17.3. The maximum Gasteiger partial charge on any atom is 0.194 e. The average molecular weight is 306 g/mol. The third-order valence-corrected chi connectivity index (χ3v) is 5.73. The van der Waals surface area contributed by atoms with Gasteiger partial charge in [0.05, 0.1) is 7.05 Å². The summed E-state index contributed by atoms with van der Waals surface area (Å²) >= 11 is 0. The second kappa shape index (κ2) is 6.20. The van der Waals surface area contributed by atoms with Crippen molar-refractivity contribution in [1.82, 2.24) is 20.4 Å². The van der Waals surface area contributed by atoms with Gasteiger partial charge >= 0.3 is 0 Å². The van der Waals surface area contributed by atoms with Gasteiger partial charge in [0, 0.05) is 26.3 Å². The number of hydrogen-bond acceptors (Lipinski definition) is 4. The lowest BCUT2D eigenvalue weighted by Crippen LogP contribution is -2.77. The highest BCUT2D eigenvalue weighted by atomic mass is 15.7. The predicted octanol–water partition coefficient (Wildman–Crippen LogP) is 3.05.